The standard InChI is InChI=1S/C15H12BrFN4/c1-9-2-3-10(6-12(9)17)15-13(18)8-21(20-15)14-5-4-11(16)7-19-14/h2-8H,18H2,1H3. The monoisotopic (exact) mass is 346 g/mol. The zero-order chi connectivity index (χ0) is 15.0. The molecule has 2 N–H and O–H groups in total. The Balaban J connectivity index is 2.05. The van der Waals surface area contributed by atoms with Crippen LogP contribution in [0.1, 0.15) is 5.56 Å². The molecule has 0 amide bonds. The summed E-state index contributed by atoms with van der Waals surface area (Å²) in [5, 5.41) is 4.40. The summed E-state index contributed by atoms with van der Waals surface area (Å²) in [6.45, 7) is 1.72. The fraction of sp³-hybridized carbons (Fsp3) is 0.0667. The molecule has 21 heavy (non-hydrogen) atoms. The quantitative estimate of drug-likeness (QED) is 0.769. The predicted octanol–water partition coefficient (Wildman–Crippen LogP) is 3.73. The van der Waals surface area contributed by atoms with Gasteiger partial charge in [0.25, 0.3) is 0 Å². The Morgan fingerprint density at radius 2 is 2.05 bits per heavy atom. The average Bonchev–Trinajstić information content (AvgIpc) is 2.85. The van der Waals surface area contributed by atoms with Crippen LogP contribution in [-0.2, 0) is 0 Å². The number of hydrogen-bond acceptors (Lipinski definition) is 3. The number of nitrogens with zero attached hydrogens (tertiary/aromatic N) is 3. The van der Waals surface area contributed by atoms with Crippen molar-refractivity contribution >= 4 is 21.6 Å². The molecule has 0 atom stereocenters. The molecule has 0 bridgehead atoms. The van der Waals surface area contributed by atoms with Gasteiger partial charge in [0.1, 0.15) is 11.5 Å². The van der Waals surface area contributed by atoms with Gasteiger partial charge in [-0.3, -0.25) is 0 Å². The molecular weight excluding hydrogens is 335 g/mol. The topological polar surface area (TPSA) is 56.7 Å². The summed E-state index contributed by atoms with van der Waals surface area (Å²) < 4.78 is 16.1. The molecule has 0 saturated carbocycles. The molecule has 2 aromatic heterocycles. The second kappa shape index (κ2) is 5.29. The van der Waals surface area contributed by atoms with E-state index in [-0.39, 0.29) is 5.82 Å². The van der Waals surface area contributed by atoms with Crippen molar-refractivity contribution < 1.29 is 4.39 Å². The fourth-order valence-electron chi connectivity index (χ4n) is 1.97. The van der Waals surface area contributed by atoms with Gasteiger partial charge in [-0.05, 0) is 46.6 Å². The van der Waals surface area contributed by atoms with Crippen molar-refractivity contribution in [3.63, 3.8) is 0 Å². The Kier molecular flexibility index (Phi) is 3.47. The van der Waals surface area contributed by atoms with Gasteiger partial charge in [0, 0.05) is 16.2 Å². The number of halogens is 2. The SMILES string of the molecule is Cc1ccc(-c2nn(-c3ccc(Br)cn3)cc2N)cc1F. The molecule has 0 fully saturated rings. The molecule has 1 aromatic carbocycles. The number of hydrogen-bond donors (Lipinski definition) is 1. The minimum Gasteiger partial charge on any atom is -0.396 e. The fourth-order valence-corrected chi connectivity index (χ4v) is 2.21. The first-order valence-corrected chi connectivity index (χ1v) is 7.07. The van der Waals surface area contributed by atoms with E-state index < -0.39 is 0 Å². The molecule has 0 aliphatic carbocycles. The molecule has 0 unspecified atom stereocenters. The molecule has 3 aromatic rings. The van der Waals surface area contributed by atoms with E-state index in [9.17, 15) is 4.39 Å². The lowest BCUT2D eigenvalue weighted by atomic mass is 10.1. The zero-order valence-electron chi connectivity index (χ0n) is 11.2. The molecule has 6 heteroatoms. The van der Waals surface area contributed by atoms with Crippen molar-refractivity contribution in [3.8, 4) is 17.1 Å². The van der Waals surface area contributed by atoms with Gasteiger partial charge in [-0.15, -0.1) is 0 Å². The highest BCUT2D eigenvalue weighted by atomic mass is 79.9. The maximum Gasteiger partial charge on any atom is 0.153 e. The van der Waals surface area contributed by atoms with Gasteiger partial charge in [0.05, 0.1) is 11.9 Å². The van der Waals surface area contributed by atoms with Crippen LogP contribution in [0.25, 0.3) is 17.1 Å². The highest BCUT2D eigenvalue weighted by Gasteiger charge is 2.11. The maximum atomic E-state index is 13.7. The van der Waals surface area contributed by atoms with Crippen LogP contribution >= 0.6 is 15.9 Å². The lowest BCUT2D eigenvalue weighted by Gasteiger charge is -2.02. The summed E-state index contributed by atoms with van der Waals surface area (Å²) in [5.41, 5.74) is 8.24. The van der Waals surface area contributed by atoms with Crippen molar-refractivity contribution in [2.45, 2.75) is 6.92 Å². The Hall–Kier alpha value is -2.21. The number of nitrogens with two attached hydrogens (primary N) is 1. The van der Waals surface area contributed by atoms with E-state index in [0.717, 1.165) is 4.47 Å². The lowest BCUT2D eigenvalue weighted by molar-refractivity contribution is 0.619. The molecular formula is C15H12BrFN4. The van der Waals surface area contributed by atoms with Crippen LogP contribution in [0.4, 0.5) is 10.1 Å². The second-order valence-corrected chi connectivity index (χ2v) is 5.59. The summed E-state index contributed by atoms with van der Waals surface area (Å²) in [7, 11) is 0. The van der Waals surface area contributed by atoms with E-state index in [0.29, 0.717) is 28.3 Å². The van der Waals surface area contributed by atoms with Crippen LogP contribution in [0.2, 0.25) is 0 Å². The summed E-state index contributed by atoms with van der Waals surface area (Å²) in [4.78, 5) is 4.25. The number of rotatable bonds is 2. The molecule has 0 spiro atoms. The summed E-state index contributed by atoms with van der Waals surface area (Å²) in [6.07, 6.45) is 3.35. The molecule has 3 rings (SSSR count). The van der Waals surface area contributed by atoms with Crippen molar-refractivity contribution in [1.29, 1.82) is 0 Å². The van der Waals surface area contributed by atoms with Crippen molar-refractivity contribution in [1.82, 2.24) is 14.8 Å². The molecule has 0 saturated heterocycles. The minimum atomic E-state index is -0.275. The molecule has 106 valence electrons. The highest BCUT2D eigenvalue weighted by molar-refractivity contribution is 9.10. The Labute approximate surface area is 129 Å². The lowest BCUT2D eigenvalue weighted by Crippen LogP contribution is -1.97. The molecule has 0 aliphatic rings. The average molecular weight is 347 g/mol. The minimum absolute atomic E-state index is 0.275. The van der Waals surface area contributed by atoms with E-state index >= 15 is 0 Å². The number of nitrogen functional groups attached to an aromatic ring is 1. The first kappa shape index (κ1) is 13.8. The van der Waals surface area contributed by atoms with E-state index in [1.165, 1.54) is 6.07 Å². The smallest absolute Gasteiger partial charge is 0.153 e. The second-order valence-electron chi connectivity index (χ2n) is 4.68. The van der Waals surface area contributed by atoms with E-state index in [4.69, 9.17) is 5.73 Å². The zero-order valence-corrected chi connectivity index (χ0v) is 12.8. The van der Waals surface area contributed by atoms with Gasteiger partial charge in [0.2, 0.25) is 0 Å². The first-order chi connectivity index (χ1) is 10.0. The Morgan fingerprint density at radius 3 is 2.71 bits per heavy atom. The normalized spacial score (nSPS) is 10.8. The van der Waals surface area contributed by atoms with Crippen molar-refractivity contribution in [3.05, 3.63) is 58.6 Å². The predicted molar refractivity (Wildman–Crippen MR) is 83.6 cm³/mol. The Morgan fingerprint density at radius 1 is 1.24 bits per heavy atom. The number of benzene rings is 1. The molecule has 4 nitrogen and oxygen atoms in total. The van der Waals surface area contributed by atoms with Gasteiger partial charge in [-0.1, -0.05) is 12.1 Å². The Bertz CT molecular complexity index is 796. The van der Waals surface area contributed by atoms with Crippen molar-refractivity contribution in [2.24, 2.45) is 0 Å². The number of aryl methyl sites for hydroxylation is 1. The maximum absolute atomic E-state index is 13.7. The van der Waals surface area contributed by atoms with E-state index in [2.05, 4.69) is 26.0 Å². The van der Waals surface area contributed by atoms with Crippen LogP contribution in [0.5, 0.6) is 0 Å². The largest absolute Gasteiger partial charge is 0.396 e. The molecule has 0 aliphatic heterocycles. The summed E-state index contributed by atoms with van der Waals surface area (Å²) in [5.74, 6) is 0.368. The van der Waals surface area contributed by atoms with Crippen LogP contribution in [0.3, 0.4) is 0 Å². The van der Waals surface area contributed by atoms with Crippen molar-refractivity contribution in [2.75, 3.05) is 5.73 Å². The van der Waals surface area contributed by atoms with Crippen LogP contribution in [-0.4, -0.2) is 14.8 Å². The number of pyridine rings is 1. The number of aromatic nitrogens is 3. The van der Waals surface area contributed by atoms with Gasteiger partial charge in [-0.25, -0.2) is 14.1 Å². The van der Waals surface area contributed by atoms with Gasteiger partial charge < -0.3 is 5.73 Å². The first-order valence-electron chi connectivity index (χ1n) is 6.28. The summed E-state index contributed by atoms with van der Waals surface area (Å²) >= 11 is 3.33. The van der Waals surface area contributed by atoms with E-state index in [1.54, 1.807) is 36.1 Å². The third-order valence-corrected chi connectivity index (χ3v) is 3.60. The van der Waals surface area contributed by atoms with Gasteiger partial charge >= 0.3 is 0 Å². The van der Waals surface area contributed by atoms with Gasteiger partial charge in [-0.2, -0.15) is 5.10 Å². The van der Waals surface area contributed by atoms with Crippen LogP contribution < -0.4 is 5.73 Å². The third-order valence-electron chi connectivity index (χ3n) is 3.13. The molecule has 0 radical (unpaired) electrons. The van der Waals surface area contributed by atoms with E-state index in [1.807, 2.05) is 12.1 Å². The summed E-state index contributed by atoms with van der Waals surface area (Å²) in [6, 6.07) is 8.63. The molecule has 2 heterocycles. The van der Waals surface area contributed by atoms with Crippen LogP contribution in [0.15, 0.2) is 47.2 Å². The number of anilines is 1. The third kappa shape index (κ3) is 2.67. The van der Waals surface area contributed by atoms with Crippen LogP contribution in [0, 0.1) is 12.7 Å². The van der Waals surface area contributed by atoms with Gasteiger partial charge in [0.15, 0.2) is 5.82 Å². The highest BCUT2D eigenvalue weighted by Crippen LogP contribution is 2.26.